The first-order valence-electron chi connectivity index (χ1n) is 11.9. The normalized spacial score (nSPS) is 14.6. The standard InChI is InChI=1S/C27H29N5O2/c1-19(2)27(33)32-15-9-14-31(16-17-32)25-23-24(21-12-7-4-8-13-21)30-34-26(23)29-22(28-25)18-20-10-5-3-6-11-20/h3-8,10-13,19H,9,14-18H2,1-2H3. The van der Waals surface area contributed by atoms with Crippen LogP contribution >= 0.6 is 0 Å². The minimum Gasteiger partial charge on any atom is -0.354 e. The topological polar surface area (TPSA) is 75.4 Å². The zero-order valence-corrected chi connectivity index (χ0v) is 19.6. The Labute approximate surface area is 199 Å². The minimum absolute atomic E-state index is 0.00228. The van der Waals surface area contributed by atoms with Crippen LogP contribution < -0.4 is 4.90 Å². The average Bonchev–Trinajstić information content (AvgIpc) is 3.13. The lowest BCUT2D eigenvalue weighted by atomic mass is 10.1. The summed E-state index contributed by atoms with van der Waals surface area (Å²) in [5.41, 5.74) is 3.35. The molecule has 1 amide bonds. The lowest BCUT2D eigenvalue weighted by molar-refractivity contribution is -0.134. The van der Waals surface area contributed by atoms with Crippen molar-refractivity contribution in [3.8, 4) is 11.3 Å². The maximum absolute atomic E-state index is 12.6. The first kappa shape index (κ1) is 22.1. The number of nitrogens with zero attached hydrogens (tertiary/aromatic N) is 5. The first-order valence-corrected chi connectivity index (χ1v) is 11.9. The van der Waals surface area contributed by atoms with E-state index in [0.717, 1.165) is 47.5 Å². The molecular formula is C27H29N5O2. The van der Waals surface area contributed by atoms with Crippen LogP contribution in [0.5, 0.6) is 0 Å². The summed E-state index contributed by atoms with van der Waals surface area (Å²) in [5, 5.41) is 5.22. The molecule has 7 nitrogen and oxygen atoms in total. The van der Waals surface area contributed by atoms with Crippen molar-refractivity contribution in [1.82, 2.24) is 20.0 Å². The highest BCUT2D eigenvalue weighted by Gasteiger charge is 2.26. The minimum atomic E-state index is -0.00228. The van der Waals surface area contributed by atoms with Gasteiger partial charge in [0.25, 0.3) is 5.71 Å². The zero-order valence-electron chi connectivity index (χ0n) is 19.6. The molecular weight excluding hydrogens is 426 g/mol. The molecule has 2 aromatic heterocycles. The maximum atomic E-state index is 12.6. The Bertz CT molecular complexity index is 1270. The van der Waals surface area contributed by atoms with E-state index < -0.39 is 0 Å². The lowest BCUT2D eigenvalue weighted by Crippen LogP contribution is -2.37. The van der Waals surface area contributed by atoms with Gasteiger partial charge in [0.1, 0.15) is 22.7 Å². The third-order valence-electron chi connectivity index (χ3n) is 6.22. The van der Waals surface area contributed by atoms with Crippen molar-refractivity contribution in [2.45, 2.75) is 26.7 Å². The Morgan fingerprint density at radius 2 is 1.68 bits per heavy atom. The summed E-state index contributed by atoms with van der Waals surface area (Å²) >= 11 is 0. The van der Waals surface area contributed by atoms with E-state index in [1.165, 1.54) is 0 Å². The van der Waals surface area contributed by atoms with Crippen LogP contribution in [0.2, 0.25) is 0 Å². The Morgan fingerprint density at radius 3 is 2.41 bits per heavy atom. The number of benzene rings is 2. The van der Waals surface area contributed by atoms with Gasteiger partial charge in [-0.3, -0.25) is 4.79 Å². The van der Waals surface area contributed by atoms with Crippen LogP contribution in [-0.2, 0) is 11.2 Å². The smallest absolute Gasteiger partial charge is 0.263 e. The maximum Gasteiger partial charge on any atom is 0.263 e. The van der Waals surface area contributed by atoms with Crippen LogP contribution in [0.1, 0.15) is 31.7 Å². The van der Waals surface area contributed by atoms with Gasteiger partial charge in [0, 0.05) is 44.1 Å². The summed E-state index contributed by atoms with van der Waals surface area (Å²) in [6, 6.07) is 20.2. The van der Waals surface area contributed by atoms with Crippen molar-refractivity contribution in [1.29, 1.82) is 0 Å². The SMILES string of the molecule is CC(C)C(=O)N1CCCN(c2nc(Cc3ccccc3)nc3onc(-c4ccccc4)c23)CC1. The molecule has 7 heteroatoms. The van der Waals surface area contributed by atoms with Gasteiger partial charge < -0.3 is 14.3 Å². The molecule has 0 saturated carbocycles. The van der Waals surface area contributed by atoms with Crippen molar-refractivity contribution in [3.63, 3.8) is 0 Å². The molecule has 0 aliphatic carbocycles. The van der Waals surface area contributed by atoms with Crippen molar-refractivity contribution in [2.75, 3.05) is 31.1 Å². The Kier molecular flexibility index (Phi) is 6.25. The molecule has 1 saturated heterocycles. The van der Waals surface area contributed by atoms with E-state index >= 15 is 0 Å². The van der Waals surface area contributed by atoms with Gasteiger partial charge in [0.05, 0.1) is 0 Å². The van der Waals surface area contributed by atoms with Gasteiger partial charge in [0.15, 0.2) is 0 Å². The third kappa shape index (κ3) is 4.51. The molecule has 1 aliphatic heterocycles. The molecule has 0 N–H and O–H groups in total. The van der Waals surface area contributed by atoms with E-state index in [2.05, 4.69) is 22.2 Å². The fourth-order valence-electron chi connectivity index (χ4n) is 4.47. The molecule has 174 valence electrons. The van der Waals surface area contributed by atoms with Crippen molar-refractivity contribution >= 4 is 22.8 Å². The van der Waals surface area contributed by atoms with Crippen LogP contribution in [0.25, 0.3) is 22.4 Å². The van der Waals surface area contributed by atoms with Crippen LogP contribution in [0.3, 0.4) is 0 Å². The van der Waals surface area contributed by atoms with Crippen LogP contribution in [0.4, 0.5) is 5.82 Å². The summed E-state index contributed by atoms with van der Waals surface area (Å²) in [4.78, 5) is 26.6. The Hall–Kier alpha value is -3.74. The second-order valence-corrected chi connectivity index (χ2v) is 9.02. The van der Waals surface area contributed by atoms with Gasteiger partial charge >= 0.3 is 0 Å². The van der Waals surface area contributed by atoms with Crippen LogP contribution in [0.15, 0.2) is 65.2 Å². The highest BCUT2D eigenvalue weighted by atomic mass is 16.5. The number of aromatic nitrogens is 3. The fraction of sp³-hybridized carbons (Fsp3) is 0.333. The monoisotopic (exact) mass is 455 g/mol. The number of carbonyl (C=O) groups is 1. The number of amides is 1. The molecule has 0 radical (unpaired) electrons. The number of fused-ring (bicyclic) bond motifs is 1. The van der Waals surface area contributed by atoms with Gasteiger partial charge in [-0.2, -0.15) is 4.98 Å². The second-order valence-electron chi connectivity index (χ2n) is 9.02. The molecule has 2 aromatic carbocycles. The van der Waals surface area contributed by atoms with Crippen molar-refractivity contribution in [3.05, 3.63) is 72.1 Å². The van der Waals surface area contributed by atoms with Gasteiger partial charge in [0.2, 0.25) is 5.91 Å². The summed E-state index contributed by atoms with van der Waals surface area (Å²) < 4.78 is 5.74. The molecule has 0 unspecified atom stereocenters. The molecule has 3 heterocycles. The second kappa shape index (κ2) is 9.63. The molecule has 0 spiro atoms. The molecule has 5 rings (SSSR count). The summed E-state index contributed by atoms with van der Waals surface area (Å²) in [7, 11) is 0. The number of anilines is 1. The predicted molar refractivity (Wildman–Crippen MR) is 133 cm³/mol. The molecule has 0 atom stereocenters. The predicted octanol–water partition coefficient (Wildman–Crippen LogP) is 4.57. The van der Waals surface area contributed by atoms with E-state index in [-0.39, 0.29) is 11.8 Å². The van der Waals surface area contributed by atoms with Gasteiger partial charge in [-0.15, -0.1) is 0 Å². The van der Waals surface area contributed by atoms with E-state index in [0.29, 0.717) is 31.0 Å². The zero-order chi connectivity index (χ0) is 23.5. The quantitative estimate of drug-likeness (QED) is 0.439. The van der Waals surface area contributed by atoms with Gasteiger partial charge in [-0.1, -0.05) is 79.7 Å². The lowest BCUT2D eigenvalue weighted by Gasteiger charge is -2.24. The average molecular weight is 456 g/mol. The molecule has 1 aliphatic rings. The summed E-state index contributed by atoms with van der Waals surface area (Å²) in [6.07, 6.45) is 1.49. The molecule has 4 aromatic rings. The highest BCUT2D eigenvalue weighted by Crippen LogP contribution is 2.34. The molecule has 1 fully saturated rings. The summed E-state index contributed by atoms with van der Waals surface area (Å²) in [6.45, 7) is 6.85. The van der Waals surface area contributed by atoms with E-state index in [1.54, 1.807) is 0 Å². The van der Waals surface area contributed by atoms with E-state index in [9.17, 15) is 4.79 Å². The molecule has 0 bridgehead atoms. The van der Waals surface area contributed by atoms with Crippen LogP contribution in [0, 0.1) is 5.92 Å². The Morgan fingerprint density at radius 1 is 0.941 bits per heavy atom. The largest absolute Gasteiger partial charge is 0.354 e. The van der Waals surface area contributed by atoms with Gasteiger partial charge in [-0.05, 0) is 12.0 Å². The van der Waals surface area contributed by atoms with E-state index in [4.69, 9.17) is 14.5 Å². The highest BCUT2D eigenvalue weighted by molar-refractivity contribution is 5.98. The van der Waals surface area contributed by atoms with Crippen molar-refractivity contribution < 1.29 is 9.32 Å². The number of hydrogen-bond donors (Lipinski definition) is 0. The van der Waals surface area contributed by atoms with Crippen LogP contribution in [-0.4, -0.2) is 52.1 Å². The molecule has 34 heavy (non-hydrogen) atoms. The van der Waals surface area contributed by atoms with Crippen molar-refractivity contribution in [2.24, 2.45) is 5.92 Å². The first-order chi connectivity index (χ1) is 16.6. The number of rotatable bonds is 5. The third-order valence-corrected chi connectivity index (χ3v) is 6.22. The van der Waals surface area contributed by atoms with Gasteiger partial charge in [-0.25, -0.2) is 4.98 Å². The number of hydrogen-bond acceptors (Lipinski definition) is 6. The number of carbonyl (C=O) groups excluding carboxylic acids is 1. The fourth-order valence-corrected chi connectivity index (χ4v) is 4.47. The Balaban J connectivity index is 1.56. The summed E-state index contributed by atoms with van der Waals surface area (Å²) in [5.74, 6) is 1.73. The van der Waals surface area contributed by atoms with E-state index in [1.807, 2.05) is 67.3 Å².